The molecule has 7 heteroatoms. The highest BCUT2D eigenvalue weighted by Crippen LogP contribution is 2.32. The lowest BCUT2D eigenvalue weighted by atomic mass is 9.98. The van der Waals surface area contributed by atoms with Crippen LogP contribution >= 0.6 is 0 Å². The Kier molecular flexibility index (Phi) is 6.39. The fraction of sp³-hybridized carbons (Fsp3) is 0.345. The van der Waals surface area contributed by atoms with Crippen LogP contribution in [-0.4, -0.2) is 36.3 Å². The molecule has 0 bridgehead atoms. The Balaban J connectivity index is 1.39. The van der Waals surface area contributed by atoms with Crippen LogP contribution < -0.4 is 5.32 Å². The monoisotopic (exact) mass is 503 g/mol. The number of amides is 1. The van der Waals surface area contributed by atoms with Gasteiger partial charge in [-0.2, -0.15) is 4.31 Å². The number of hydrogen-bond acceptors (Lipinski definition) is 3. The van der Waals surface area contributed by atoms with Gasteiger partial charge in [-0.3, -0.25) is 4.79 Å². The van der Waals surface area contributed by atoms with Crippen LogP contribution in [0.1, 0.15) is 36.5 Å². The summed E-state index contributed by atoms with van der Waals surface area (Å²) in [7, 11) is -3.68. The van der Waals surface area contributed by atoms with Gasteiger partial charge in [-0.05, 0) is 75.9 Å². The summed E-state index contributed by atoms with van der Waals surface area (Å²) in [4.78, 5) is 13.6. The Labute approximate surface area is 213 Å². The van der Waals surface area contributed by atoms with Crippen LogP contribution in [0.2, 0.25) is 0 Å². The van der Waals surface area contributed by atoms with E-state index < -0.39 is 15.9 Å². The Morgan fingerprint density at radius 2 is 1.67 bits per heavy atom. The van der Waals surface area contributed by atoms with Crippen LogP contribution in [0.15, 0.2) is 59.5 Å². The fourth-order valence-electron chi connectivity index (χ4n) is 5.79. The third-order valence-electron chi connectivity index (χ3n) is 7.31. The molecule has 1 aliphatic heterocycles. The zero-order valence-corrected chi connectivity index (χ0v) is 22.2. The Morgan fingerprint density at radius 1 is 0.972 bits per heavy atom. The molecule has 0 radical (unpaired) electrons. The van der Waals surface area contributed by atoms with E-state index in [9.17, 15) is 13.2 Å². The number of hydrogen-bond donors (Lipinski definition) is 1. The second-order valence-electron chi connectivity index (χ2n) is 9.91. The average Bonchev–Trinajstić information content (AvgIpc) is 3.16. The summed E-state index contributed by atoms with van der Waals surface area (Å²) in [6.45, 7) is 9.26. The molecule has 6 nitrogen and oxygen atoms in total. The van der Waals surface area contributed by atoms with Crippen molar-refractivity contribution >= 4 is 43.4 Å². The van der Waals surface area contributed by atoms with Crippen molar-refractivity contribution in [3.8, 4) is 0 Å². The van der Waals surface area contributed by atoms with E-state index in [1.54, 1.807) is 0 Å². The van der Waals surface area contributed by atoms with Crippen molar-refractivity contribution in [2.24, 2.45) is 5.92 Å². The molecule has 1 fully saturated rings. The van der Waals surface area contributed by atoms with Crippen LogP contribution in [0.25, 0.3) is 21.8 Å². The highest BCUT2D eigenvalue weighted by atomic mass is 32.2. The molecule has 1 N–H and O–H groups in total. The smallest absolute Gasteiger partial charge is 0.243 e. The summed E-state index contributed by atoms with van der Waals surface area (Å²) < 4.78 is 30.9. The van der Waals surface area contributed by atoms with Crippen LogP contribution in [0.3, 0.4) is 0 Å². The lowest BCUT2D eigenvalue weighted by Gasteiger charge is -2.32. The summed E-state index contributed by atoms with van der Waals surface area (Å²) in [6.07, 6.45) is 1.32. The topological polar surface area (TPSA) is 71.4 Å². The molecular weight excluding hydrogens is 470 g/mol. The van der Waals surface area contributed by atoms with Crippen LogP contribution in [-0.2, 0) is 21.4 Å². The van der Waals surface area contributed by atoms with E-state index in [1.165, 1.54) is 9.82 Å². The molecule has 0 saturated carbocycles. The van der Waals surface area contributed by atoms with Crippen LogP contribution in [0.5, 0.6) is 0 Å². The SMILES string of the molecule is CCn1c2ccccc2c2cc(NC(=O)[C@@H]3CCCN(S(=O)(=O)c4c(C)cc(C)cc4C)C3)ccc21. The first-order chi connectivity index (χ1) is 17.2. The van der Waals surface area contributed by atoms with Crippen molar-refractivity contribution in [1.82, 2.24) is 8.87 Å². The molecule has 0 unspecified atom stereocenters. The molecule has 2 heterocycles. The third kappa shape index (κ3) is 4.20. The van der Waals surface area contributed by atoms with Gasteiger partial charge in [-0.1, -0.05) is 35.9 Å². The standard InChI is InChI=1S/C29H33N3O3S/c1-5-32-26-11-7-6-10-24(26)25-17-23(12-13-27(25)32)30-29(33)22-9-8-14-31(18-22)36(34,35)28-20(3)15-19(2)16-21(28)4/h6-7,10-13,15-17,22H,5,8-9,14,18H2,1-4H3,(H,30,33)/t22-/m1/s1. The van der Waals surface area contributed by atoms with Crippen molar-refractivity contribution in [3.05, 3.63) is 71.3 Å². The number of rotatable bonds is 5. The van der Waals surface area contributed by atoms with Crippen LogP contribution in [0, 0.1) is 26.7 Å². The first-order valence-corrected chi connectivity index (χ1v) is 14.0. The highest BCUT2D eigenvalue weighted by Gasteiger charge is 2.35. The average molecular weight is 504 g/mol. The third-order valence-corrected chi connectivity index (χ3v) is 9.48. The van der Waals surface area contributed by atoms with Crippen molar-refractivity contribution in [2.75, 3.05) is 18.4 Å². The van der Waals surface area contributed by atoms with E-state index in [1.807, 2.05) is 57.2 Å². The normalized spacial score (nSPS) is 17.1. The number of nitrogens with one attached hydrogen (secondary N) is 1. The van der Waals surface area contributed by atoms with Crippen molar-refractivity contribution < 1.29 is 13.2 Å². The molecule has 4 aromatic rings. The summed E-state index contributed by atoms with van der Waals surface area (Å²) in [5.41, 5.74) is 5.58. The first kappa shape index (κ1) is 24.5. The maximum absolute atomic E-state index is 13.6. The van der Waals surface area contributed by atoms with E-state index in [4.69, 9.17) is 0 Å². The molecule has 0 aliphatic carbocycles. The van der Waals surface area contributed by atoms with Gasteiger partial charge < -0.3 is 9.88 Å². The number of nitrogens with zero attached hydrogens (tertiary/aromatic N) is 2. The molecule has 1 saturated heterocycles. The van der Waals surface area contributed by atoms with Crippen molar-refractivity contribution in [3.63, 3.8) is 0 Å². The molecular formula is C29H33N3O3S. The number of sulfonamides is 1. The maximum Gasteiger partial charge on any atom is 0.243 e. The Morgan fingerprint density at radius 3 is 2.39 bits per heavy atom. The van der Waals surface area contributed by atoms with Gasteiger partial charge in [-0.25, -0.2) is 8.42 Å². The van der Waals surface area contributed by atoms with Gasteiger partial charge in [-0.15, -0.1) is 0 Å². The van der Waals surface area contributed by atoms with E-state index >= 15 is 0 Å². The second kappa shape index (κ2) is 9.37. The number of piperidine rings is 1. The summed E-state index contributed by atoms with van der Waals surface area (Å²) in [5.74, 6) is -0.530. The summed E-state index contributed by atoms with van der Waals surface area (Å²) in [6, 6.07) is 18.1. The number of anilines is 1. The van der Waals surface area contributed by atoms with Gasteiger partial charge in [0.1, 0.15) is 0 Å². The molecule has 1 amide bonds. The second-order valence-corrected chi connectivity index (χ2v) is 11.8. The van der Waals surface area contributed by atoms with E-state index in [0.717, 1.165) is 45.2 Å². The largest absolute Gasteiger partial charge is 0.341 e. The number of para-hydroxylation sites is 1. The molecule has 1 atom stereocenters. The maximum atomic E-state index is 13.6. The predicted molar refractivity (Wildman–Crippen MR) is 146 cm³/mol. The zero-order valence-electron chi connectivity index (χ0n) is 21.3. The van der Waals surface area contributed by atoms with Crippen LogP contribution in [0.4, 0.5) is 5.69 Å². The molecule has 1 aliphatic rings. The Hall–Kier alpha value is -3.16. The molecule has 0 spiro atoms. The quantitative estimate of drug-likeness (QED) is 0.375. The number of aryl methyl sites for hydroxylation is 4. The van der Waals surface area contributed by atoms with Crippen molar-refractivity contribution in [1.29, 1.82) is 0 Å². The fourth-order valence-corrected chi connectivity index (χ4v) is 7.73. The van der Waals surface area contributed by atoms with E-state index in [0.29, 0.717) is 24.3 Å². The molecule has 3 aromatic carbocycles. The number of carbonyl (C=O) groups excluding carboxylic acids is 1. The Bertz CT molecular complexity index is 1560. The summed E-state index contributed by atoms with van der Waals surface area (Å²) >= 11 is 0. The van der Waals surface area contributed by atoms with Gasteiger partial charge in [0.05, 0.1) is 10.8 Å². The summed E-state index contributed by atoms with van der Waals surface area (Å²) in [5, 5.41) is 5.33. The van der Waals surface area contributed by atoms with Gasteiger partial charge in [0.25, 0.3) is 0 Å². The van der Waals surface area contributed by atoms with Gasteiger partial charge in [0.2, 0.25) is 15.9 Å². The van der Waals surface area contributed by atoms with Gasteiger partial charge >= 0.3 is 0 Å². The minimum atomic E-state index is -3.68. The zero-order chi connectivity index (χ0) is 25.6. The minimum Gasteiger partial charge on any atom is -0.341 e. The molecule has 188 valence electrons. The van der Waals surface area contributed by atoms with E-state index in [2.05, 4.69) is 35.0 Å². The number of carbonyl (C=O) groups is 1. The number of fused-ring (bicyclic) bond motifs is 3. The van der Waals surface area contributed by atoms with Crippen molar-refractivity contribution in [2.45, 2.75) is 52.0 Å². The predicted octanol–water partition coefficient (Wildman–Crippen LogP) is 5.78. The minimum absolute atomic E-state index is 0.133. The first-order valence-electron chi connectivity index (χ1n) is 12.6. The van der Waals surface area contributed by atoms with E-state index in [-0.39, 0.29) is 12.5 Å². The molecule has 1 aromatic heterocycles. The highest BCUT2D eigenvalue weighted by molar-refractivity contribution is 7.89. The number of benzene rings is 3. The van der Waals surface area contributed by atoms with Gasteiger partial charge in [0, 0.05) is 47.1 Å². The van der Waals surface area contributed by atoms with Gasteiger partial charge in [0.15, 0.2) is 0 Å². The molecule has 36 heavy (non-hydrogen) atoms. The number of aromatic nitrogens is 1. The lowest BCUT2D eigenvalue weighted by Crippen LogP contribution is -2.44. The lowest BCUT2D eigenvalue weighted by molar-refractivity contribution is -0.120. The molecule has 5 rings (SSSR count).